The molecule has 122 valence electrons. The van der Waals surface area contributed by atoms with E-state index in [-0.39, 0.29) is 5.82 Å². The number of benzene rings is 1. The number of hydrogen-bond donors (Lipinski definition) is 1. The predicted molar refractivity (Wildman–Crippen MR) is 89.1 cm³/mol. The number of rotatable bonds is 3. The molecule has 0 bridgehead atoms. The maximum absolute atomic E-state index is 13.9. The molecule has 2 aromatic rings. The molecular weight excluding hydrogens is 295 g/mol. The second-order valence-corrected chi connectivity index (χ2v) is 5.41. The van der Waals surface area contributed by atoms with Crippen LogP contribution in [-0.4, -0.2) is 44.1 Å². The molecule has 3 rings (SSSR count). The van der Waals surface area contributed by atoms with Gasteiger partial charge in [0.15, 0.2) is 5.96 Å². The summed E-state index contributed by atoms with van der Waals surface area (Å²) in [4.78, 5) is 8.58. The van der Waals surface area contributed by atoms with E-state index in [1.54, 1.807) is 19.4 Å². The van der Waals surface area contributed by atoms with E-state index < -0.39 is 0 Å². The van der Waals surface area contributed by atoms with Crippen LogP contribution in [0.2, 0.25) is 0 Å². The van der Waals surface area contributed by atoms with E-state index in [9.17, 15) is 4.39 Å². The first-order chi connectivity index (χ1) is 11.3. The topological polar surface area (TPSA) is 44.0 Å². The summed E-state index contributed by atoms with van der Waals surface area (Å²) in [6.45, 7) is 3.73. The summed E-state index contributed by atoms with van der Waals surface area (Å²) >= 11 is 0. The third-order valence-electron chi connectivity index (χ3n) is 3.98. The number of nitrogens with zero attached hydrogens (tertiary/aromatic N) is 3. The van der Waals surface area contributed by atoms with Crippen LogP contribution in [0, 0.1) is 5.82 Å². The van der Waals surface area contributed by atoms with E-state index in [2.05, 4.69) is 20.1 Å². The van der Waals surface area contributed by atoms with Crippen molar-refractivity contribution in [1.82, 2.24) is 10.2 Å². The average molecular weight is 316 g/mol. The summed E-state index contributed by atoms with van der Waals surface area (Å²) in [6, 6.07) is 10.7. The molecule has 1 N–H and O–H groups in total. The van der Waals surface area contributed by atoms with Crippen molar-refractivity contribution in [2.24, 2.45) is 4.99 Å². The molecule has 23 heavy (non-hydrogen) atoms. The van der Waals surface area contributed by atoms with Crippen molar-refractivity contribution in [1.29, 1.82) is 0 Å². The van der Waals surface area contributed by atoms with Gasteiger partial charge in [0.1, 0.15) is 11.6 Å². The fraction of sp³-hybridized carbons (Fsp3) is 0.353. The van der Waals surface area contributed by atoms with Crippen LogP contribution in [0.5, 0.6) is 0 Å². The van der Waals surface area contributed by atoms with Gasteiger partial charge in [-0.05, 0) is 24.3 Å². The Hall–Kier alpha value is -2.50. The number of aliphatic imine (C=N–C) groups is 1. The lowest BCUT2D eigenvalue weighted by Crippen LogP contribution is -2.52. The summed E-state index contributed by atoms with van der Waals surface area (Å²) in [6.07, 6.45) is 1.66. The molecule has 1 saturated heterocycles. The maximum Gasteiger partial charge on any atom is 0.194 e. The third-order valence-corrected chi connectivity index (χ3v) is 3.98. The van der Waals surface area contributed by atoms with Gasteiger partial charge in [0, 0.05) is 33.2 Å². The quantitative estimate of drug-likeness (QED) is 0.697. The third kappa shape index (κ3) is 3.64. The molecule has 1 aromatic heterocycles. The highest BCUT2D eigenvalue weighted by molar-refractivity contribution is 5.80. The fourth-order valence-electron chi connectivity index (χ4n) is 2.78. The second kappa shape index (κ2) is 7.17. The van der Waals surface area contributed by atoms with Crippen molar-refractivity contribution in [2.45, 2.75) is 6.54 Å². The largest absolute Gasteiger partial charge is 0.467 e. The van der Waals surface area contributed by atoms with Crippen LogP contribution >= 0.6 is 0 Å². The van der Waals surface area contributed by atoms with Crippen molar-refractivity contribution < 1.29 is 8.81 Å². The van der Waals surface area contributed by atoms with Gasteiger partial charge >= 0.3 is 0 Å². The van der Waals surface area contributed by atoms with E-state index in [0.717, 1.165) is 37.9 Å². The molecule has 1 aliphatic heterocycles. The Balaban J connectivity index is 1.56. The summed E-state index contributed by atoms with van der Waals surface area (Å²) in [5.74, 6) is 1.55. The lowest BCUT2D eigenvalue weighted by molar-refractivity contribution is 0.368. The van der Waals surface area contributed by atoms with Gasteiger partial charge in [-0.25, -0.2) is 4.39 Å². The Morgan fingerprint density at radius 1 is 1.17 bits per heavy atom. The van der Waals surface area contributed by atoms with Gasteiger partial charge in [0.05, 0.1) is 18.5 Å². The zero-order chi connectivity index (χ0) is 16.1. The monoisotopic (exact) mass is 316 g/mol. The lowest BCUT2D eigenvalue weighted by Gasteiger charge is -2.37. The van der Waals surface area contributed by atoms with Crippen LogP contribution in [-0.2, 0) is 6.54 Å². The average Bonchev–Trinajstić information content (AvgIpc) is 3.10. The summed E-state index contributed by atoms with van der Waals surface area (Å²) < 4.78 is 19.2. The van der Waals surface area contributed by atoms with Crippen molar-refractivity contribution in [2.75, 3.05) is 38.1 Å². The summed E-state index contributed by atoms with van der Waals surface area (Å²) in [5, 5.41) is 3.30. The lowest BCUT2D eigenvalue weighted by atomic mass is 10.2. The molecule has 0 saturated carbocycles. The molecule has 2 heterocycles. The number of guanidine groups is 1. The van der Waals surface area contributed by atoms with Crippen molar-refractivity contribution in [3.63, 3.8) is 0 Å². The normalized spacial score (nSPS) is 15.8. The number of hydrogen-bond acceptors (Lipinski definition) is 3. The first-order valence-electron chi connectivity index (χ1n) is 7.75. The molecule has 0 atom stereocenters. The molecule has 5 nitrogen and oxygen atoms in total. The molecule has 0 unspecified atom stereocenters. The van der Waals surface area contributed by atoms with E-state index in [1.165, 1.54) is 6.07 Å². The van der Waals surface area contributed by atoms with Crippen molar-refractivity contribution in [3.05, 3.63) is 54.2 Å². The Morgan fingerprint density at radius 2 is 1.96 bits per heavy atom. The van der Waals surface area contributed by atoms with Gasteiger partial charge < -0.3 is 19.5 Å². The minimum absolute atomic E-state index is 0.165. The number of piperazine rings is 1. The first-order valence-corrected chi connectivity index (χ1v) is 7.75. The molecule has 1 aliphatic rings. The number of nitrogens with one attached hydrogen (secondary N) is 1. The second-order valence-electron chi connectivity index (χ2n) is 5.41. The molecule has 0 spiro atoms. The number of furan rings is 1. The highest BCUT2D eigenvalue weighted by atomic mass is 19.1. The molecule has 0 amide bonds. The van der Waals surface area contributed by atoms with E-state index >= 15 is 0 Å². The first kappa shape index (κ1) is 15.4. The maximum atomic E-state index is 13.9. The fourth-order valence-corrected chi connectivity index (χ4v) is 2.78. The predicted octanol–water partition coefficient (Wildman–Crippen LogP) is 2.32. The number of halogens is 1. The SMILES string of the molecule is CN=C(NCc1ccco1)N1CCN(c2ccccc2F)CC1. The van der Waals surface area contributed by atoms with Crippen LogP contribution < -0.4 is 10.2 Å². The number of para-hydroxylation sites is 1. The van der Waals surface area contributed by atoms with Gasteiger partial charge in [-0.3, -0.25) is 4.99 Å². The Bertz CT molecular complexity index is 648. The molecular formula is C17H21FN4O. The Kier molecular flexibility index (Phi) is 4.80. The molecule has 1 fully saturated rings. The number of anilines is 1. The summed E-state index contributed by atoms with van der Waals surface area (Å²) in [5.41, 5.74) is 0.672. The smallest absolute Gasteiger partial charge is 0.194 e. The Labute approximate surface area is 135 Å². The van der Waals surface area contributed by atoms with Crippen molar-refractivity contribution in [3.8, 4) is 0 Å². The van der Waals surface area contributed by atoms with Crippen LogP contribution in [0.25, 0.3) is 0 Å². The minimum atomic E-state index is -0.165. The highest BCUT2D eigenvalue weighted by Gasteiger charge is 2.21. The van der Waals surface area contributed by atoms with Crippen molar-refractivity contribution >= 4 is 11.6 Å². The van der Waals surface area contributed by atoms with Crippen LogP contribution in [0.3, 0.4) is 0 Å². The van der Waals surface area contributed by atoms with Gasteiger partial charge in [0.2, 0.25) is 0 Å². The van der Waals surface area contributed by atoms with Gasteiger partial charge in [-0.15, -0.1) is 0 Å². The molecule has 0 radical (unpaired) electrons. The zero-order valence-electron chi connectivity index (χ0n) is 13.2. The molecule has 6 heteroatoms. The van der Waals surface area contributed by atoms with E-state index in [0.29, 0.717) is 12.2 Å². The molecule has 1 aromatic carbocycles. The van der Waals surface area contributed by atoms with Gasteiger partial charge in [-0.2, -0.15) is 0 Å². The van der Waals surface area contributed by atoms with Gasteiger partial charge in [0.25, 0.3) is 0 Å². The minimum Gasteiger partial charge on any atom is -0.467 e. The van der Waals surface area contributed by atoms with E-state index in [1.807, 2.05) is 24.3 Å². The Morgan fingerprint density at radius 3 is 2.61 bits per heavy atom. The summed E-state index contributed by atoms with van der Waals surface area (Å²) in [7, 11) is 1.77. The van der Waals surface area contributed by atoms with Gasteiger partial charge in [-0.1, -0.05) is 12.1 Å². The zero-order valence-corrected chi connectivity index (χ0v) is 13.2. The van der Waals surface area contributed by atoms with Crippen LogP contribution in [0.1, 0.15) is 5.76 Å². The molecule has 0 aliphatic carbocycles. The van der Waals surface area contributed by atoms with E-state index in [4.69, 9.17) is 4.42 Å². The van der Waals surface area contributed by atoms with Crippen LogP contribution in [0.4, 0.5) is 10.1 Å². The highest BCUT2D eigenvalue weighted by Crippen LogP contribution is 2.20. The van der Waals surface area contributed by atoms with Crippen LogP contribution in [0.15, 0.2) is 52.1 Å². The standard InChI is InChI=1S/C17H21FN4O/c1-19-17(20-13-14-5-4-12-23-14)22-10-8-21(9-11-22)16-7-3-2-6-15(16)18/h2-7,12H,8-11,13H2,1H3,(H,19,20).